The van der Waals surface area contributed by atoms with E-state index < -0.39 is 30.0 Å². The minimum atomic E-state index is -0.667. The van der Waals surface area contributed by atoms with Crippen molar-refractivity contribution >= 4 is 11.8 Å². The van der Waals surface area contributed by atoms with E-state index in [0.29, 0.717) is 12.8 Å². The van der Waals surface area contributed by atoms with Gasteiger partial charge >= 0.3 is 0 Å². The van der Waals surface area contributed by atoms with Gasteiger partial charge in [0, 0.05) is 12.8 Å². The molecular weight excluding hydrogens is 174 g/mol. The highest BCUT2D eigenvalue weighted by Gasteiger charge is 2.36. The molecule has 1 aliphatic heterocycles. The summed E-state index contributed by atoms with van der Waals surface area (Å²) in [4.78, 5) is 21.6. The normalized spacial score (nSPS) is 34.1. The lowest BCUT2D eigenvalue weighted by molar-refractivity contribution is -0.708. The first-order chi connectivity index (χ1) is 6.00. The summed E-state index contributed by atoms with van der Waals surface area (Å²) in [5.74, 6) is -1.05. The molecule has 1 fully saturated rings. The van der Waals surface area contributed by atoms with Crippen LogP contribution < -0.4 is 16.8 Å². The first-order valence-corrected chi connectivity index (χ1v) is 4.12. The van der Waals surface area contributed by atoms with Crippen LogP contribution in [0, 0.1) is 0 Å². The number of carbonyl (C=O) groups excluding carboxylic acids is 2. The molecule has 0 radical (unpaired) electrons. The van der Waals surface area contributed by atoms with E-state index in [-0.39, 0.29) is 0 Å². The number of carbonyl (C=O) groups is 2. The van der Waals surface area contributed by atoms with Crippen molar-refractivity contribution in [1.29, 1.82) is 0 Å². The summed E-state index contributed by atoms with van der Waals surface area (Å²) in [6.45, 7) is 0. The number of aliphatic hydroxyl groups is 1. The van der Waals surface area contributed by atoms with E-state index in [2.05, 4.69) is 0 Å². The van der Waals surface area contributed by atoms with Crippen LogP contribution in [0.25, 0.3) is 0 Å². The number of hydrogen-bond acceptors (Lipinski definition) is 3. The number of hydrogen-bond donors (Lipinski definition) is 4. The average molecular weight is 188 g/mol. The molecule has 6 heteroatoms. The maximum atomic E-state index is 10.8. The van der Waals surface area contributed by atoms with Gasteiger partial charge in [-0.25, -0.2) is 0 Å². The van der Waals surface area contributed by atoms with Crippen LogP contribution in [0.3, 0.4) is 0 Å². The highest BCUT2D eigenvalue weighted by Crippen LogP contribution is 2.07. The van der Waals surface area contributed by atoms with Gasteiger partial charge in [0.05, 0.1) is 6.10 Å². The average Bonchev–Trinajstić information content (AvgIpc) is 2.03. The van der Waals surface area contributed by atoms with Gasteiger partial charge in [-0.1, -0.05) is 0 Å². The summed E-state index contributed by atoms with van der Waals surface area (Å²) in [5, 5.41) is 10.8. The van der Waals surface area contributed by atoms with E-state index in [1.165, 1.54) is 5.32 Å². The smallest absolute Gasteiger partial charge is 0.275 e. The molecule has 0 unspecified atom stereocenters. The zero-order chi connectivity index (χ0) is 10.0. The molecule has 0 bridgehead atoms. The Morgan fingerprint density at radius 3 is 1.85 bits per heavy atom. The fraction of sp³-hybridized carbons (Fsp3) is 0.714. The van der Waals surface area contributed by atoms with Crippen molar-refractivity contribution in [1.82, 2.24) is 0 Å². The number of piperidine rings is 1. The van der Waals surface area contributed by atoms with Gasteiger partial charge < -0.3 is 21.9 Å². The number of nitrogens with two attached hydrogens (primary N) is 3. The van der Waals surface area contributed by atoms with Crippen LogP contribution in [-0.2, 0) is 9.59 Å². The third-order valence-corrected chi connectivity index (χ3v) is 2.25. The predicted octanol–water partition coefficient (Wildman–Crippen LogP) is -3.59. The molecular formula is C7H14N3O3+. The van der Waals surface area contributed by atoms with Crippen molar-refractivity contribution in [2.75, 3.05) is 0 Å². The summed E-state index contributed by atoms with van der Waals surface area (Å²) >= 11 is 0. The first-order valence-electron chi connectivity index (χ1n) is 4.12. The highest BCUT2D eigenvalue weighted by molar-refractivity contribution is 5.81. The van der Waals surface area contributed by atoms with Crippen LogP contribution in [0.2, 0.25) is 0 Å². The Kier molecular flexibility index (Phi) is 2.84. The van der Waals surface area contributed by atoms with E-state index in [9.17, 15) is 14.7 Å². The van der Waals surface area contributed by atoms with Gasteiger partial charge in [0.1, 0.15) is 0 Å². The third-order valence-electron chi connectivity index (χ3n) is 2.25. The number of amides is 2. The Morgan fingerprint density at radius 2 is 1.54 bits per heavy atom. The second kappa shape index (κ2) is 3.71. The van der Waals surface area contributed by atoms with E-state index >= 15 is 0 Å². The Labute approximate surface area is 75.3 Å². The Hall–Kier alpha value is -1.14. The minimum absolute atomic E-state index is 0.291. The van der Waals surface area contributed by atoms with Crippen molar-refractivity contribution in [2.24, 2.45) is 11.5 Å². The number of rotatable bonds is 2. The molecule has 2 atom stereocenters. The first kappa shape index (κ1) is 9.94. The van der Waals surface area contributed by atoms with Gasteiger partial charge in [-0.15, -0.1) is 0 Å². The van der Waals surface area contributed by atoms with Crippen LogP contribution >= 0.6 is 0 Å². The summed E-state index contributed by atoms with van der Waals surface area (Å²) < 4.78 is 0. The highest BCUT2D eigenvalue weighted by atomic mass is 16.3. The van der Waals surface area contributed by atoms with E-state index in [1.807, 2.05) is 0 Å². The molecule has 0 saturated carbocycles. The standard InChI is InChI=1S/C7H13N3O3/c8-6(12)4-1-3(11)2-5(10-4)7(9)13/h3-5,10-11H,1-2H2,(H2,8,12)(H2,9,13)/p+1/t4-,5-/m1/s1. The fourth-order valence-corrected chi connectivity index (χ4v) is 1.54. The Morgan fingerprint density at radius 1 is 1.15 bits per heavy atom. The molecule has 6 nitrogen and oxygen atoms in total. The third kappa shape index (κ3) is 2.40. The largest absolute Gasteiger partial charge is 0.393 e. The van der Waals surface area contributed by atoms with Crippen LogP contribution in [0.1, 0.15) is 12.8 Å². The zero-order valence-electron chi connectivity index (χ0n) is 7.14. The van der Waals surface area contributed by atoms with Gasteiger partial charge in [-0.2, -0.15) is 0 Å². The van der Waals surface area contributed by atoms with Gasteiger partial charge in [0.25, 0.3) is 11.8 Å². The van der Waals surface area contributed by atoms with Crippen LogP contribution in [-0.4, -0.2) is 35.1 Å². The molecule has 0 aromatic rings. The summed E-state index contributed by atoms with van der Waals surface area (Å²) in [6, 6.07) is -1.08. The molecule has 1 saturated heterocycles. The molecule has 1 rings (SSSR count). The molecule has 0 spiro atoms. The molecule has 0 aromatic carbocycles. The van der Waals surface area contributed by atoms with Gasteiger partial charge in [-0.05, 0) is 0 Å². The Bertz CT molecular complexity index is 209. The van der Waals surface area contributed by atoms with E-state index in [4.69, 9.17) is 11.5 Å². The van der Waals surface area contributed by atoms with Gasteiger partial charge in [-0.3, -0.25) is 9.59 Å². The maximum absolute atomic E-state index is 10.8. The zero-order valence-corrected chi connectivity index (χ0v) is 7.14. The molecule has 13 heavy (non-hydrogen) atoms. The lowest BCUT2D eigenvalue weighted by Gasteiger charge is -2.27. The lowest BCUT2D eigenvalue weighted by atomic mass is 9.95. The van der Waals surface area contributed by atoms with Crippen LogP contribution in [0.4, 0.5) is 0 Å². The lowest BCUT2D eigenvalue weighted by Crippen LogP contribution is -3.01. The van der Waals surface area contributed by atoms with Gasteiger partial charge in [0.15, 0.2) is 12.1 Å². The number of primary amides is 2. The molecule has 0 aromatic heterocycles. The van der Waals surface area contributed by atoms with E-state index in [0.717, 1.165) is 0 Å². The molecule has 1 heterocycles. The Balaban J connectivity index is 2.62. The van der Waals surface area contributed by atoms with Crippen molar-refractivity contribution in [3.05, 3.63) is 0 Å². The molecule has 1 aliphatic rings. The number of quaternary nitrogens is 1. The second-order valence-electron chi connectivity index (χ2n) is 3.34. The van der Waals surface area contributed by atoms with Crippen molar-refractivity contribution in [2.45, 2.75) is 31.0 Å². The molecule has 7 N–H and O–H groups in total. The SMILES string of the molecule is NC(=O)[C@H]1CC(O)C[C@H](C(N)=O)[NH2+]1. The number of aliphatic hydroxyl groups excluding tert-OH is 1. The van der Waals surface area contributed by atoms with Crippen molar-refractivity contribution in [3.8, 4) is 0 Å². The van der Waals surface area contributed by atoms with Gasteiger partial charge in [0.2, 0.25) is 0 Å². The van der Waals surface area contributed by atoms with Crippen LogP contribution in [0.5, 0.6) is 0 Å². The molecule has 74 valence electrons. The van der Waals surface area contributed by atoms with E-state index in [1.54, 1.807) is 0 Å². The summed E-state index contributed by atoms with van der Waals surface area (Å²) in [7, 11) is 0. The maximum Gasteiger partial charge on any atom is 0.275 e. The van der Waals surface area contributed by atoms with Crippen LogP contribution in [0.15, 0.2) is 0 Å². The van der Waals surface area contributed by atoms with Crippen molar-refractivity contribution in [3.63, 3.8) is 0 Å². The second-order valence-corrected chi connectivity index (χ2v) is 3.34. The van der Waals surface area contributed by atoms with Crippen molar-refractivity contribution < 1.29 is 20.0 Å². The summed E-state index contributed by atoms with van der Waals surface area (Å²) in [6.07, 6.45) is -0.0851. The monoisotopic (exact) mass is 188 g/mol. The minimum Gasteiger partial charge on any atom is -0.393 e. The topological polar surface area (TPSA) is 123 Å². The molecule has 2 amide bonds. The summed E-state index contributed by atoms with van der Waals surface area (Å²) in [5.41, 5.74) is 10.1. The quantitative estimate of drug-likeness (QED) is 0.358. The molecule has 0 aliphatic carbocycles. The predicted molar refractivity (Wildman–Crippen MR) is 43.1 cm³/mol. The fourth-order valence-electron chi connectivity index (χ4n) is 1.54.